The number of carbonyl (C=O) groups is 2. The van der Waals surface area contributed by atoms with Crippen LogP contribution >= 0.6 is 0 Å². The molecule has 0 atom stereocenters. The number of rotatable bonds is 12. The van der Waals surface area contributed by atoms with Gasteiger partial charge in [0.15, 0.2) is 0 Å². The second-order valence-electron chi connectivity index (χ2n) is 10.5. The zero-order valence-electron chi connectivity index (χ0n) is 22.8. The number of nitrogens with one attached hydrogen (secondary N) is 3. The quantitative estimate of drug-likeness (QED) is 0.347. The van der Waals surface area contributed by atoms with Gasteiger partial charge in [0.05, 0.1) is 13.1 Å². The molecule has 0 fully saturated rings. The summed E-state index contributed by atoms with van der Waals surface area (Å²) >= 11 is 0. The van der Waals surface area contributed by atoms with E-state index in [1.54, 1.807) is 7.05 Å². The molecule has 0 aliphatic heterocycles. The zero-order chi connectivity index (χ0) is 26.5. The average Bonchev–Trinajstić information content (AvgIpc) is 2.80. The minimum absolute atomic E-state index is 0.0307. The molecule has 0 aromatic heterocycles. The SMILES string of the molecule is CNC(=O)CNCCC(C)(C)c1ccc(C)cc1.Cc1ccc(C(C)(C)CCNCC(N)=O)cc1. The Morgan fingerprint density at radius 1 is 0.714 bits per heavy atom. The molecule has 0 aliphatic carbocycles. The summed E-state index contributed by atoms with van der Waals surface area (Å²) in [6.07, 6.45) is 1.98. The van der Waals surface area contributed by atoms with E-state index in [1.165, 1.54) is 22.3 Å². The summed E-state index contributed by atoms with van der Waals surface area (Å²) in [5.41, 5.74) is 10.5. The van der Waals surface area contributed by atoms with Crippen LogP contribution in [0.1, 0.15) is 62.8 Å². The number of carbonyl (C=O) groups excluding carboxylic acids is 2. The fourth-order valence-electron chi connectivity index (χ4n) is 3.60. The van der Waals surface area contributed by atoms with Gasteiger partial charge >= 0.3 is 0 Å². The van der Waals surface area contributed by atoms with Gasteiger partial charge in [-0.05, 0) is 61.7 Å². The Hall–Kier alpha value is -2.70. The summed E-state index contributed by atoms with van der Waals surface area (Å²) < 4.78 is 0. The molecule has 0 bridgehead atoms. The highest BCUT2D eigenvalue weighted by Crippen LogP contribution is 2.27. The Kier molecular flexibility index (Phi) is 12.7. The van der Waals surface area contributed by atoms with E-state index in [9.17, 15) is 9.59 Å². The van der Waals surface area contributed by atoms with Crippen LogP contribution in [0, 0.1) is 13.8 Å². The fraction of sp³-hybridized carbons (Fsp3) is 0.517. The molecule has 0 heterocycles. The van der Waals surface area contributed by atoms with Crippen molar-refractivity contribution in [3.63, 3.8) is 0 Å². The van der Waals surface area contributed by atoms with Crippen molar-refractivity contribution >= 4 is 11.8 Å². The molecule has 6 nitrogen and oxygen atoms in total. The van der Waals surface area contributed by atoms with Crippen LogP contribution in [0.4, 0.5) is 0 Å². The van der Waals surface area contributed by atoms with Crippen LogP contribution < -0.4 is 21.7 Å². The molecule has 2 rings (SSSR count). The summed E-state index contributed by atoms with van der Waals surface area (Å²) in [7, 11) is 1.65. The van der Waals surface area contributed by atoms with Crippen LogP contribution in [0.3, 0.4) is 0 Å². The summed E-state index contributed by atoms with van der Waals surface area (Å²) in [5.74, 6) is -0.277. The maximum Gasteiger partial charge on any atom is 0.233 e. The van der Waals surface area contributed by atoms with E-state index < -0.39 is 0 Å². The third kappa shape index (κ3) is 12.0. The maximum absolute atomic E-state index is 11.1. The summed E-state index contributed by atoms with van der Waals surface area (Å²) in [6.45, 7) is 15.4. The molecule has 0 spiro atoms. The number of likely N-dealkylation sites (N-methyl/N-ethyl adjacent to an activating group) is 1. The first kappa shape index (κ1) is 30.3. The molecule has 0 aliphatic rings. The number of primary amides is 1. The molecular weight excluding hydrogens is 436 g/mol. The predicted octanol–water partition coefficient (Wildman–Crippen LogP) is 3.74. The van der Waals surface area contributed by atoms with Crippen molar-refractivity contribution in [2.24, 2.45) is 5.73 Å². The molecule has 0 unspecified atom stereocenters. The minimum Gasteiger partial charge on any atom is -0.369 e. The smallest absolute Gasteiger partial charge is 0.233 e. The minimum atomic E-state index is -0.307. The van der Waals surface area contributed by atoms with Crippen LogP contribution in [-0.4, -0.2) is 45.0 Å². The van der Waals surface area contributed by atoms with Crippen LogP contribution in [0.2, 0.25) is 0 Å². The van der Waals surface area contributed by atoms with E-state index in [0.717, 1.165) is 25.9 Å². The van der Waals surface area contributed by atoms with Crippen LogP contribution in [0.5, 0.6) is 0 Å². The van der Waals surface area contributed by atoms with Crippen molar-refractivity contribution in [3.05, 3.63) is 70.8 Å². The Morgan fingerprint density at radius 3 is 1.43 bits per heavy atom. The molecule has 6 heteroatoms. The molecule has 2 aromatic carbocycles. The largest absolute Gasteiger partial charge is 0.369 e. The standard InChI is InChI=1S/C15H24N2O.C14H22N2O/c1-12-5-7-13(8-6-12)15(2,3)9-10-17-11-14(18)16-4;1-11-4-6-12(7-5-11)14(2,3)8-9-16-10-13(15)17/h5-8,17H,9-11H2,1-4H3,(H,16,18);4-7,16H,8-10H2,1-3H3,(H2,15,17). The van der Waals surface area contributed by atoms with Gasteiger partial charge in [0.1, 0.15) is 0 Å². The van der Waals surface area contributed by atoms with Crippen molar-refractivity contribution in [2.45, 2.75) is 65.2 Å². The van der Waals surface area contributed by atoms with Crippen molar-refractivity contribution in [2.75, 3.05) is 33.2 Å². The van der Waals surface area contributed by atoms with Gasteiger partial charge in [-0.15, -0.1) is 0 Å². The molecule has 2 amide bonds. The first-order valence-electron chi connectivity index (χ1n) is 12.4. The van der Waals surface area contributed by atoms with Gasteiger partial charge < -0.3 is 21.7 Å². The third-order valence-corrected chi connectivity index (χ3v) is 6.38. The highest BCUT2D eigenvalue weighted by atomic mass is 16.2. The summed E-state index contributed by atoms with van der Waals surface area (Å²) in [6, 6.07) is 17.3. The van der Waals surface area contributed by atoms with Crippen LogP contribution in [-0.2, 0) is 20.4 Å². The number of nitrogens with two attached hydrogens (primary N) is 1. The number of aryl methyl sites for hydroxylation is 2. The maximum atomic E-state index is 11.1. The predicted molar refractivity (Wildman–Crippen MR) is 147 cm³/mol. The zero-order valence-corrected chi connectivity index (χ0v) is 22.8. The Labute approximate surface area is 212 Å². The Balaban J connectivity index is 0.000000351. The van der Waals surface area contributed by atoms with E-state index in [0.29, 0.717) is 6.54 Å². The lowest BCUT2D eigenvalue weighted by molar-refractivity contribution is -0.120. The third-order valence-electron chi connectivity index (χ3n) is 6.38. The van der Waals surface area contributed by atoms with Crippen molar-refractivity contribution in [1.82, 2.24) is 16.0 Å². The molecule has 194 valence electrons. The van der Waals surface area contributed by atoms with Gasteiger partial charge in [-0.3, -0.25) is 9.59 Å². The fourth-order valence-corrected chi connectivity index (χ4v) is 3.60. The van der Waals surface area contributed by atoms with Gasteiger partial charge in [0, 0.05) is 7.05 Å². The van der Waals surface area contributed by atoms with Gasteiger partial charge in [-0.2, -0.15) is 0 Å². The number of amides is 2. The normalized spacial score (nSPS) is 11.4. The number of hydrogen-bond acceptors (Lipinski definition) is 4. The topological polar surface area (TPSA) is 96.2 Å². The van der Waals surface area contributed by atoms with E-state index in [1.807, 2.05) is 0 Å². The van der Waals surface area contributed by atoms with E-state index in [2.05, 4.69) is 106 Å². The summed E-state index contributed by atoms with van der Waals surface area (Å²) in [5, 5.41) is 8.81. The van der Waals surface area contributed by atoms with Gasteiger partial charge in [-0.1, -0.05) is 87.4 Å². The van der Waals surface area contributed by atoms with E-state index in [4.69, 9.17) is 5.73 Å². The van der Waals surface area contributed by atoms with Crippen molar-refractivity contribution < 1.29 is 9.59 Å². The molecular formula is C29H46N4O2. The average molecular weight is 483 g/mol. The number of benzene rings is 2. The molecule has 0 radical (unpaired) electrons. The van der Waals surface area contributed by atoms with Crippen molar-refractivity contribution in [3.8, 4) is 0 Å². The first-order chi connectivity index (χ1) is 16.4. The number of hydrogen-bond donors (Lipinski definition) is 4. The van der Waals surface area contributed by atoms with Gasteiger partial charge in [0.2, 0.25) is 11.8 Å². The molecule has 0 saturated carbocycles. The Bertz CT molecular complexity index is 903. The molecule has 0 saturated heterocycles. The molecule has 35 heavy (non-hydrogen) atoms. The van der Waals surface area contributed by atoms with Crippen LogP contribution in [0.15, 0.2) is 48.5 Å². The van der Waals surface area contributed by atoms with Gasteiger partial charge in [0.25, 0.3) is 0 Å². The molecule has 2 aromatic rings. The van der Waals surface area contributed by atoms with Crippen molar-refractivity contribution in [1.29, 1.82) is 0 Å². The Morgan fingerprint density at radius 2 is 1.09 bits per heavy atom. The van der Waals surface area contributed by atoms with Crippen LogP contribution in [0.25, 0.3) is 0 Å². The van der Waals surface area contributed by atoms with Gasteiger partial charge in [-0.25, -0.2) is 0 Å². The monoisotopic (exact) mass is 482 g/mol. The lowest BCUT2D eigenvalue weighted by atomic mass is 9.81. The lowest BCUT2D eigenvalue weighted by Crippen LogP contribution is -2.34. The van der Waals surface area contributed by atoms with E-state index >= 15 is 0 Å². The molecule has 5 N–H and O–H groups in total. The first-order valence-corrected chi connectivity index (χ1v) is 12.4. The van der Waals surface area contributed by atoms with E-state index in [-0.39, 0.29) is 29.2 Å². The highest BCUT2D eigenvalue weighted by molar-refractivity contribution is 5.77. The second kappa shape index (κ2) is 14.6. The lowest BCUT2D eigenvalue weighted by Gasteiger charge is -2.25. The second-order valence-corrected chi connectivity index (χ2v) is 10.5. The highest BCUT2D eigenvalue weighted by Gasteiger charge is 2.20. The summed E-state index contributed by atoms with van der Waals surface area (Å²) in [4.78, 5) is 21.7.